The van der Waals surface area contributed by atoms with E-state index in [4.69, 9.17) is 0 Å². The number of likely N-dealkylation sites (N-methyl/N-ethyl adjacent to an activating group) is 1. The predicted octanol–water partition coefficient (Wildman–Crippen LogP) is 1.99. The Morgan fingerprint density at radius 1 is 1.35 bits per heavy atom. The fraction of sp³-hybridized carbons (Fsp3) is 0.786. The molecular formula is C14H23N3. The standard InChI is InChI=1S/C14H23N3/c1-15-12(9-13-16-7-8-17(13)2)14(10-3-4-10)11-5-6-11/h7-8,10-12,14-15H,3-6,9H2,1-2H3. The zero-order valence-electron chi connectivity index (χ0n) is 10.9. The van der Waals surface area contributed by atoms with Crippen molar-refractivity contribution in [1.29, 1.82) is 0 Å². The van der Waals surface area contributed by atoms with Crippen LogP contribution in [0.4, 0.5) is 0 Å². The van der Waals surface area contributed by atoms with Crippen molar-refractivity contribution in [1.82, 2.24) is 14.9 Å². The van der Waals surface area contributed by atoms with E-state index in [0.717, 1.165) is 24.2 Å². The summed E-state index contributed by atoms with van der Waals surface area (Å²) in [5, 5.41) is 3.56. The maximum absolute atomic E-state index is 4.47. The third-order valence-corrected chi connectivity index (χ3v) is 4.49. The summed E-state index contributed by atoms with van der Waals surface area (Å²) >= 11 is 0. The van der Waals surface area contributed by atoms with Gasteiger partial charge in [-0.15, -0.1) is 0 Å². The van der Waals surface area contributed by atoms with Crippen LogP contribution < -0.4 is 5.32 Å². The molecule has 0 spiro atoms. The molecule has 0 aliphatic heterocycles. The van der Waals surface area contributed by atoms with Gasteiger partial charge in [-0.2, -0.15) is 0 Å². The Hall–Kier alpha value is -0.830. The maximum atomic E-state index is 4.47. The normalized spacial score (nSPS) is 22.1. The highest BCUT2D eigenvalue weighted by atomic mass is 15.0. The molecule has 1 aromatic heterocycles. The van der Waals surface area contributed by atoms with Crippen LogP contribution in [-0.2, 0) is 13.5 Å². The molecule has 2 aliphatic rings. The highest BCUT2D eigenvalue weighted by Gasteiger charge is 2.45. The number of hydrogen-bond donors (Lipinski definition) is 1. The molecule has 1 aromatic rings. The third kappa shape index (κ3) is 2.39. The van der Waals surface area contributed by atoms with Crippen LogP contribution in [0.25, 0.3) is 0 Å². The van der Waals surface area contributed by atoms with Crippen molar-refractivity contribution in [3.63, 3.8) is 0 Å². The Morgan fingerprint density at radius 2 is 2.00 bits per heavy atom. The minimum absolute atomic E-state index is 0.621. The highest BCUT2D eigenvalue weighted by molar-refractivity contribution is 5.02. The first kappa shape index (κ1) is 11.3. The van der Waals surface area contributed by atoms with Crippen molar-refractivity contribution in [3.05, 3.63) is 18.2 Å². The number of aromatic nitrogens is 2. The van der Waals surface area contributed by atoms with Crippen molar-refractivity contribution in [2.75, 3.05) is 7.05 Å². The zero-order chi connectivity index (χ0) is 11.8. The van der Waals surface area contributed by atoms with Crippen LogP contribution in [0.1, 0.15) is 31.5 Å². The van der Waals surface area contributed by atoms with E-state index in [2.05, 4.69) is 29.0 Å². The Labute approximate surface area is 104 Å². The summed E-state index contributed by atoms with van der Waals surface area (Å²) in [6.07, 6.45) is 10.9. The molecule has 2 aliphatic carbocycles. The molecule has 17 heavy (non-hydrogen) atoms. The molecule has 0 saturated heterocycles. The molecular weight excluding hydrogens is 210 g/mol. The molecule has 3 nitrogen and oxygen atoms in total. The van der Waals surface area contributed by atoms with E-state index < -0.39 is 0 Å². The molecule has 1 N–H and O–H groups in total. The van der Waals surface area contributed by atoms with Crippen LogP contribution in [0.3, 0.4) is 0 Å². The summed E-state index contributed by atoms with van der Waals surface area (Å²) in [5.74, 6) is 4.12. The molecule has 2 fully saturated rings. The Morgan fingerprint density at radius 3 is 2.41 bits per heavy atom. The summed E-state index contributed by atoms with van der Waals surface area (Å²) < 4.78 is 2.15. The molecule has 0 bridgehead atoms. The Bertz CT molecular complexity index is 365. The van der Waals surface area contributed by atoms with E-state index in [0.29, 0.717) is 6.04 Å². The number of nitrogens with one attached hydrogen (secondary N) is 1. The van der Waals surface area contributed by atoms with Crippen LogP contribution in [0.5, 0.6) is 0 Å². The number of rotatable bonds is 6. The summed E-state index contributed by atoms with van der Waals surface area (Å²) in [4.78, 5) is 4.47. The van der Waals surface area contributed by atoms with Gasteiger partial charge in [-0.1, -0.05) is 0 Å². The van der Waals surface area contributed by atoms with Crippen molar-refractivity contribution in [3.8, 4) is 0 Å². The molecule has 3 rings (SSSR count). The molecule has 0 aromatic carbocycles. The SMILES string of the molecule is CNC(Cc1nccn1C)C(C1CC1)C1CC1. The lowest BCUT2D eigenvalue weighted by atomic mass is 9.87. The topological polar surface area (TPSA) is 29.9 Å². The van der Waals surface area contributed by atoms with Crippen LogP contribution in [0, 0.1) is 17.8 Å². The number of hydrogen-bond acceptors (Lipinski definition) is 2. The van der Waals surface area contributed by atoms with Gasteiger partial charge in [-0.3, -0.25) is 0 Å². The van der Waals surface area contributed by atoms with Crippen molar-refractivity contribution in [2.24, 2.45) is 24.8 Å². The molecule has 1 unspecified atom stereocenters. The van der Waals surface area contributed by atoms with Crippen LogP contribution in [0.15, 0.2) is 12.4 Å². The lowest BCUT2D eigenvalue weighted by Crippen LogP contribution is -2.38. The van der Waals surface area contributed by atoms with Gasteiger partial charge in [0, 0.05) is 31.9 Å². The van der Waals surface area contributed by atoms with Crippen molar-refractivity contribution >= 4 is 0 Å². The van der Waals surface area contributed by atoms with Crippen molar-refractivity contribution < 1.29 is 0 Å². The first-order valence-electron chi connectivity index (χ1n) is 6.93. The Kier molecular flexibility index (Phi) is 2.95. The lowest BCUT2D eigenvalue weighted by molar-refractivity contribution is 0.289. The number of aryl methyl sites for hydroxylation is 1. The molecule has 94 valence electrons. The average Bonchev–Trinajstić information content (AvgIpc) is 3.22. The second-order valence-corrected chi connectivity index (χ2v) is 5.81. The lowest BCUT2D eigenvalue weighted by Gasteiger charge is -2.26. The molecule has 1 heterocycles. The molecule has 1 atom stereocenters. The molecule has 3 heteroatoms. The van der Waals surface area contributed by atoms with Gasteiger partial charge in [-0.25, -0.2) is 4.98 Å². The quantitative estimate of drug-likeness (QED) is 0.814. The van der Waals surface area contributed by atoms with Gasteiger partial charge in [0.1, 0.15) is 5.82 Å². The second-order valence-electron chi connectivity index (χ2n) is 5.81. The Balaban J connectivity index is 1.71. The minimum Gasteiger partial charge on any atom is -0.338 e. The van der Waals surface area contributed by atoms with Gasteiger partial charge in [0.05, 0.1) is 0 Å². The van der Waals surface area contributed by atoms with Gasteiger partial charge in [0.25, 0.3) is 0 Å². The highest BCUT2D eigenvalue weighted by Crippen LogP contribution is 2.50. The first-order valence-corrected chi connectivity index (χ1v) is 6.93. The van der Waals surface area contributed by atoms with Crippen molar-refractivity contribution in [2.45, 2.75) is 38.1 Å². The maximum Gasteiger partial charge on any atom is 0.109 e. The van der Waals surface area contributed by atoms with Crippen LogP contribution >= 0.6 is 0 Å². The van der Waals surface area contributed by atoms with E-state index >= 15 is 0 Å². The monoisotopic (exact) mass is 233 g/mol. The van der Waals surface area contributed by atoms with E-state index in [9.17, 15) is 0 Å². The summed E-state index contributed by atoms with van der Waals surface area (Å²) in [7, 11) is 4.21. The first-order chi connectivity index (χ1) is 8.29. The predicted molar refractivity (Wildman–Crippen MR) is 68.7 cm³/mol. The average molecular weight is 233 g/mol. The fourth-order valence-corrected chi connectivity index (χ4v) is 3.22. The smallest absolute Gasteiger partial charge is 0.109 e. The molecule has 0 radical (unpaired) electrons. The second kappa shape index (κ2) is 4.45. The third-order valence-electron chi connectivity index (χ3n) is 4.49. The summed E-state index contributed by atoms with van der Waals surface area (Å²) in [5.41, 5.74) is 0. The van der Waals surface area contributed by atoms with Gasteiger partial charge >= 0.3 is 0 Å². The van der Waals surface area contributed by atoms with Gasteiger partial charge in [-0.05, 0) is 50.5 Å². The molecule has 0 amide bonds. The summed E-state index contributed by atoms with van der Waals surface area (Å²) in [6, 6.07) is 0.621. The summed E-state index contributed by atoms with van der Waals surface area (Å²) in [6.45, 7) is 0. The molecule has 2 saturated carbocycles. The van der Waals surface area contributed by atoms with Crippen LogP contribution in [0.2, 0.25) is 0 Å². The minimum atomic E-state index is 0.621. The number of imidazole rings is 1. The van der Waals surface area contributed by atoms with Gasteiger partial charge in [0.15, 0.2) is 0 Å². The van der Waals surface area contributed by atoms with Gasteiger partial charge in [0.2, 0.25) is 0 Å². The van der Waals surface area contributed by atoms with E-state index in [1.54, 1.807) is 0 Å². The largest absolute Gasteiger partial charge is 0.338 e. The van der Waals surface area contributed by atoms with E-state index in [-0.39, 0.29) is 0 Å². The van der Waals surface area contributed by atoms with Gasteiger partial charge < -0.3 is 9.88 Å². The van der Waals surface area contributed by atoms with E-state index in [1.807, 2.05) is 12.4 Å². The van der Waals surface area contributed by atoms with E-state index in [1.165, 1.54) is 31.5 Å². The zero-order valence-corrected chi connectivity index (χ0v) is 10.9. The van der Waals surface area contributed by atoms with Crippen LogP contribution in [-0.4, -0.2) is 22.6 Å². The fourth-order valence-electron chi connectivity index (χ4n) is 3.22. The number of nitrogens with zero attached hydrogens (tertiary/aromatic N) is 2.